The van der Waals surface area contributed by atoms with Crippen molar-refractivity contribution in [3.8, 4) is 0 Å². The number of amides is 2. The molecule has 2 amide bonds. The molecular weight excluding hydrogens is 238 g/mol. The number of carbonyl (C=O) groups excluding carboxylic acids is 2. The summed E-state index contributed by atoms with van der Waals surface area (Å²) in [7, 11) is 1.55. The lowest BCUT2D eigenvalue weighted by atomic mass is 10.1. The topological polar surface area (TPSA) is 84.2 Å². The summed E-state index contributed by atoms with van der Waals surface area (Å²) < 4.78 is 0. The first-order chi connectivity index (χ1) is 7.88. The van der Waals surface area contributed by atoms with E-state index in [4.69, 9.17) is 5.73 Å². The van der Waals surface area contributed by atoms with Crippen molar-refractivity contribution in [2.75, 3.05) is 12.8 Å². The van der Waals surface area contributed by atoms with Crippen molar-refractivity contribution in [1.29, 1.82) is 0 Å². The highest BCUT2D eigenvalue weighted by molar-refractivity contribution is 7.18. The fourth-order valence-corrected chi connectivity index (χ4v) is 2.50. The average Bonchev–Trinajstić information content (AvgIpc) is 2.52. The number of rotatable bonds is 3. The molecule has 0 radical (unpaired) electrons. The number of nitrogens with one attached hydrogen (secondary N) is 2. The van der Waals surface area contributed by atoms with E-state index in [2.05, 4.69) is 10.6 Å². The van der Waals surface area contributed by atoms with E-state index in [1.54, 1.807) is 14.0 Å². The average molecular weight is 255 g/mol. The Bertz CT molecular complexity index is 452. The first-order valence-electron chi connectivity index (χ1n) is 5.30. The molecule has 0 saturated heterocycles. The molecule has 0 spiro atoms. The van der Waals surface area contributed by atoms with Crippen molar-refractivity contribution < 1.29 is 9.59 Å². The van der Waals surface area contributed by atoms with Gasteiger partial charge in [0.05, 0.1) is 15.4 Å². The van der Waals surface area contributed by atoms with E-state index in [-0.39, 0.29) is 17.9 Å². The van der Waals surface area contributed by atoms with E-state index >= 15 is 0 Å². The lowest BCUT2D eigenvalue weighted by Gasteiger charge is -2.08. The standard InChI is InChI=1S/C11H17N3O2S/c1-5(2)14-10(15)7-6(3)8(11(16)13-4)17-9(7)12/h5H,12H2,1-4H3,(H,13,16)(H,14,15). The van der Waals surface area contributed by atoms with Crippen LogP contribution >= 0.6 is 11.3 Å². The molecule has 1 aromatic heterocycles. The molecule has 0 aliphatic carbocycles. The van der Waals surface area contributed by atoms with Gasteiger partial charge in [-0.25, -0.2) is 0 Å². The zero-order chi connectivity index (χ0) is 13.2. The van der Waals surface area contributed by atoms with Crippen molar-refractivity contribution in [3.63, 3.8) is 0 Å². The van der Waals surface area contributed by atoms with E-state index in [1.165, 1.54) is 0 Å². The van der Waals surface area contributed by atoms with Crippen LogP contribution < -0.4 is 16.4 Å². The maximum absolute atomic E-state index is 11.9. The second-order valence-corrected chi connectivity index (χ2v) is 5.05. The number of hydrogen-bond donors (Lipinski definition) is 3. The van der Waals surface area contributed by atoms with Gasteiger partial charge in [-0.15, -0.1) is 11.3 Å². The summed E-state index contributed by atoms with van der Waals surface area (Å²) in [5, 5.41) is 5.67. The van der Waals surface area contributed by atoms with Gasteiger partial charge in [0, 0.05) is 13.1 Å². The molecule has 0 bridgehead atoms. The Morgan fingerprint density at radius 2 is 1.88 bits per heavy atom. The predicted octanol–water partition coefficient (Wildman–Crippen LogP) is 1.14. The van der Waals surface area contributed by atoms with Crippen LogP contribution in [-0.4, -0.2) is 24.9 Å². The van der Waals surface area contributed by atoms with Crippen LogP contribution in [0.2, 0.25) is 0 Å². The van der Waals surface area contributed by atoms with E-state index < -0.39 is 0 Å². The molecule has 0 saturated carbocycles. The van der Waals surface area contributed by atoms with E-state index in [9.17, 15) is 9.59 Å². The van der Waals surface area contributed by atoms with E-state index in [0.29, 0.717) is 21.0 Å². The van der Waals surface area contributed by atoms with Gasteiger partial charge in [-0.1, -0.05) is 0 Å². The number of nitrogens with two attached hydrogens (primary N) is 1. The molecule has 4 N–H and O–H groups in total. The Morgan fingerprint density at radius 3 is 2.35 bits per heavy atom. The molecule has 0 aliphatic heterocycles. The van der Waals surface area contributed by atoms with Gasteiger partial charge in [0.15, 0.2) is 0 Å². The minimum absolute atomic E-state index is 0.0321. The monoisotopic (exact) mass is 255 g/mol. The summed E-state index contributed by atoms with van der Waals surface area (Å²) in [6.07, 6.45) is 0. The largest absolute Gasteiger partial charge is 0.390 e. The minimum Gasteiger partial charge on any atom is -0.390 e. The lowest BCUT2D eigenvalue weighted by Crippen LogP contribution is -2.30. The van der Waals surface area contributed by atoms with Crippen molar-refractivity contribution >= 4 is 28.2 Å². The third kappa shape index (κ3) is 2.76. The molecule has 1 heterocycles. The number of hydrogen-bond acceptors (Lipinski definition) is 4. The number of carbonyl (C=O) groups is 2. The highest BCUT2D eigenvalue weighted by Gasteiger charge is 2.22. The Hall–Kier alpha value is -1.56. The maximum Gasteiger partial charge on any atom is 0.261 e. The normalized spacial score (nSPS) is 10.4. The van der Waals surface area contributed by atoms with Crippen LogP contribution in [0.5, 0.6) is 0 Å². The van der Waals surface area contributed by atoms with Crippen LogP contribution in [0.4, 0.5) is 5.00 Å². The van der Waals surface area contributed by atoms with E-state index in [1.807, 2.05) is 13.8 Å². The van der Waals surface area contributed by atoms with Gasteiger partial charge in [0.2, 0.25) is 0 Å². The van der Waals surface area contributed by atoms with Crippen molar-refractivity contribution in [2.45, 2.75) is 26.8 Å². The lowest BCUT2D eigenvalue weighted by molar-refractivity contribution is 0.0943. The van der Waals surface area contributed by atoms with Crippen LogP contribution in [0.15, 0.2) is 0 Å². The molecule has 0 fully saturated rings. The van der Waals surface area contributed by atoms with Gasteiger partial charge in [-0.2, -0.15) is 0 Å². The van der Waals surface area contributed by atoms with Gasteiger partial charge in [-0.3, -0.25) is 9.59 Å². The molecule has 1 rings (SSSR count). The van der Waals surface area contributed by atoms with Gasteiger partial charge >= 0.3 is 0 Å². The first kappa shape index (κ1) is 13.5. The molecule has 0 atom stereocenters. The zero-order valence-corrected chi connectivity index (χ0v) is 11.2. The molecule has 0 aromatic carbocycles. The van der Waals surface area contributed by atoms with Crippen LogP contribution in [-0.2, 0) is 0 Å². The second kappa shape index (κ2) is 5.18. The summed E-state index contributed by atoms with van der Waals surface area (Å²) >= 11 is 1.13. The molecule has 0 unspecified atom stereocenters. The van der Waals surface area contributed by atoms with Crippen molar-refractivity contribution in [3.05, 3.63) is 16.0 Å². The molecule has 0 aliphatic rings. The Labute approximate surface area is 104 Å². The van der Waals surface area contributed by atoms with Crippen LogP contribution in [0, 0.1) is 6.92 Å². The fourth-order valence-electron chi connectivity index (χ4n) is 1.48. The first-order valence-corrected chi connectivity index (χ1v) is 6.12. The maximum atomic E-state index is 11.9. The van der Waals surface area contributed by atoms with Gasteiger partial charge in [-0.05, 0) is 26.3 Å². The van der Waals surface area contributed by atoms with Crippen LogP contribution in [0.25, 0.3) is 0 Å². The van der Waals surface area contributed by atoms with Crippen LogP contribution in [0.1, 0.15) is 39.4 Å². The Balaban J connectivity index is 3.13. The van der Waals surface area contributed by atoms with Crippen LogP contribution in [0.3, 0.4) is 0 Å². The van der Waals surface area contributed by atoms with Gasteiger partial charge in [0.1, 0.15) is 0 Å². The zero-order valence-electron chi connectivity index (χ0n) is 10.4. The van der Waals surface area contributed by atoms with Gasteiger partial charge < -0.3 is 16.4 Å². The number of anilines is 1. The SMILES string of the molecule is CNC(=O)c1sc(N)c(C(=O)NC(C)C)c1C. The highest BCUT2D eigenvalue weighted by atomic mass is 32.1. The Kier molecular flexibility index (Phi) is 4.11. The third-order valence-corrected chi connectivity index (χ3v) is 3.37. The third-order valence-electron chi connectivity index (χ3n) is 2.25. The molecule has 5 nitrogen and oxygen atoms in total. The molecule has 1 aromatic rings. The summed E-state index contributed by atoms with van der Waals surface area (Å²) in [4.78, 5) is 23.9. The summed E-state index contributed by atoms with van der Waals surface area (Å²) in [5.74, 6) is -0.454. The van der Waals surface area contributed by atoms with E-state index in [0.717, 1.165) is 11.3 Å². The fraction of sp³-hybridized carbons (Fsp3) is 0.455. The number of thiophene rings is 1. The quantitative estimate of drug-likeness (QED) is 0.757. The summed E-state index contributed by atoms with van der Waals surface area (Å²) in [5.41, 5.74) is 6.82. The van der Waals surface area contributed by atoms with Crippen molar-refractivity contribution in [1.82, 2.24) is 10.6 Å². The molecule has 6 heteroatoms. The predicted molar refractivity (Wildman–Crippen MR) is 69.5 cm³/mol. The number of nitrogen functional groups attached to an aromatic ring is 1. The minimum atomic E-state index is -0.235. The van der Waals surface area contributed by atoms with Crippen molar-refractivity contribution in [2.24, 2.45) is 0 Å². The second-order valence-electron chi connectivity index (χ2n) is 4.00. The van der Waals surface area contributed by atoms with Gasteiger partial charge in [0.25, 0.3) is 11.8 Å². The Morgan fingerprint density at radius 1 is 1.29 bits per heavy atom. The summed E-state index contributed by atoms with van der Waals surface area (Å²) in [6, 6.07) is 0.0321. The molecule has 94 valence electrons. The summed E-state index contributed by atoms with van der Waals surface area (Å²) in [6.45, 7) is 5.47. The smallest absolute Gasteiger partial charge is 0.261 e. The molecular formula is C11H17N3O2S. The molecule has 17 heavy (non-hydrogen) atoms. The highest BCUT2D eigenvalue weighted by Crippen LogP contribution is 2.30.